The van der Waals surface area contributed by atoms with E-state index in [1.54, 1.807) is 0 Å². The molecule has 0 aromatic heterocycles. The Hall–Kier alpha value is 0.430. The standard InChI is InChI=1S/C10H14BrI/c1-3-4-5-6-7-8-10(12)9(2)11/h5-8H,3-4H2,1-2H3/b6-5+,8-7-,10-9-. The van der Waals surface area contributed by atoms with E-state index in [0.29, 0.717) is 0 Å². The van der Waals surface area contributed by atoms with Crippen LogP contribution in [-0.2, 0) is 0 Å². The molecule has 0 unspecified atom stereocenters. The molecule has 12 heavy (non-hydrogen) atoms. The van der Waals surface area contributed by atoms with E-state index in [-0.39, 0.29) is 0 Å². The highest BCUT2D eigenvalue weighted by molar-refractivity contribution is 14.1. The quantitative estimate of drug-likeness (QED) is 0.501. The van der Waals surface area contributed by atoms with Crippen LogP contribution in [0.3, 0.4) is 0 Å². The van der Waals surface area contributed by atoms with Crippen molar-refractivity contribution in [3.05, 3.63) is 32.4 Å². The van der Waals surface area contributed by atoms with Crippen LogP contribution < -0.4 is 0 Å². The third kappa shape index (κ3) is 7.10. The number of unbranched alkanes of at least 4 members (excludes halogenated alkanes) is 1. The minimum absolute atomic E-state index is 1.16. The van der Waals surface area contributed by atoms with Gasteiger partial charge in [-0.25, -0.2) is 0 Å². The van der Waals surface area contributed by atoms with E-state index in [9.17, 15) is 0 Å². The van der Waals surface area contributed by atoms with Gasteiger partial charge in [0.25, 0.3) is 0 Å². The van der Waals surface area contributed by atoms with Gasteiger partial charge in [0, 0.05) is 8.06 Å². The Balaban J connectivity index is 3.84. The Bertz CT molecular complexity index is 198. The Morgan fingerprint density at radius 2 is 2.08 bits per heavy atom. The van der Waals surface area contributed by atoms with E-state index < -0.39 is 0 Å². The van der Waals surface area contributed by atoms with Crippen LogP contribution in [0.5, 0.6) is 0 Å². The minimum atomic E-state index is 1.16. The molecule has 0 heterocycles. The topological polar surface area (TPSA) is 0 Å². The van der Waals surface area contributed by atoms with E-state index in [1.165, 1.54) is 14.5 Å². The summed E-state index contributed by atoms with van der Waals surface area (Å²) in [6.07, 6.45) is 10.8. The predicted molar refractivity (Wildman–Crippen MR) is 68.8 cm³/mol. The van der Waals surface area contributed by atoms with Gasteiger partial charge in [-0.1, -0.05) is 47.5 Å². The first-order chi connectivity index (χ1) is 5.68. The van der Waals surface area contributed by atoms with Gasteiger partial charge in [-0.05, 0) is 42.0 Å². The van der Waals surface area contributed by atoms with Crippen molar-refractivity contribution in [3.63, 3.8) is 0 Å². The molecule has 0 aromatic rings. The maximum absolute atomic E-state index is 3.42. The van der Waals surface area contributed by atoms with Crippen LogP contribution in [0.1, 0.15) is 26.7 Å². The van der Waals surface area contributed by atoms with Crippen LogP contribution >= 0.6 is 38.5 Å². The molecule has 0 radical (unpaired) electrons. The van der Waals surface area contributed by atoms with Crippen molar-refractivity contribution < 1.29 is 0 Å². The first-order valence-electron chi connectivity index (χ1n) is 4.03. The van der Waals surface area contributed by atoms with Crippen molar-refractivity contribution in [2.45, 2.75) is 26.7 Å². The summed E-state index contributed by atoms with van der Waals surface area (Å²) in [6.45, 7) is 4.22. The lowest BCUT2D eigenvalue weighted by Crippen LogP contribution is -1.64. The zero-order valence-electron chi connectivity index (χ0n) is 7.48. The average Bonchev–Trinajstić information content (AvgIpc) is 2.03. The lowest BCUT2D eigenvalue weighted by Gasteiger charge is -1.88. The molecule has 0 aliphatic heterocycles. The maximum Gasteiger partial charge on any atom is 0.0228 e. The highest BCUT2D eigenvalue weighted by Crippen LogP contribution is 2.18. The van der Waals surface area contributed by atoms with Gasteiger partial charge in [0.1, 0.15) is 0 Å². The van der Waals surface area contributed by atoms with Gasteiger partial charge in [0.2, 0.25) is 0 Å². The van der Waals surface area contributed by atoms with Crippen molar-refractivity contribution >= 4 is 38.5 Å². The minimum Gasteiger partial charge on any atom is -0.0845 e. The monoisotopic (exact) mass is 340 g/mol. The van der Waals surface area contributed by atoms with Gasteiger partial charge in [-0.15, -0.1) is 0 Å². The molecule has 0 aliphatic carbocycles. The summed E-state index contributed by atoms with van der Waals surface area (Å²) in [5.74, 6) is 0. The maximum atomic E-state index is 3.42. The number of halogens is 2. The molecule has 0 saturated carbocycles. The van der Waals surface area contributed by atoms with Crippen molar-refractivity contribution in [1.82, 2.24) is 0 Å². The summed E-state index contributed by atoms with van der Waals surface area (Å²) in [4.78, 5) is 0. The summed E-state index contributed by atoms with van der Waals surface area (Å²) < 4.78 is 2.43. The molecule has 0 spiro atoms. The summed E-state index contributed by atoms with van der Waals surface area (Å²) >= 11 is 5.72. The van der Waals surface area contributed by atoms with E-state index in [2.05, 4.69) is 69.7 Å². The zero-order chi connectivity index (χ0) is 9.40. The normalized spacial score (nSPS) is 14.3. The number of allylic oxidation sites excluding steroid dienone is 6. The first-order valence-corrected chi connectivity index (χ1v) is 5.90. The van der Waals surface area contributed by atoms with E-state index in [4.69, 9.17) is 0 Å². The molecule has 0 bridgehead atoms. The molecule has 68 valence electrons. The first kappa shape index (κ1) is 12.4. The molecule has 0 nitrogen and oxygen atoms in total. The van der Waals surface area contributed by atoms with Gasteiger partial charge in [-0.2, -0.15) is 0 Å². The molecule has 0 atom stereocenters. The number of hydrogen-bond donors (Lipinski definition) is 0. The molecule has 0 saturated heterocycles. The second-order valence-electron chi connectivity index (χ2n) is 2.46. The molecule has 0 fully saturated rings. The van der Waals surface area contributed by atoms with Crippen molar-refractivity contribution in [1.29, 1.82) is 0 Å². The third-order valence-corrected chi connectivity index (χ3v) is 3.61. The van der Waals surface area contributed by atoms with E-state index in [0.717, 1.165) is 6.42 Å². The van der Waals surface area contributed by atoms with Crippen LogP contribution in [0, 0.1) is 0 Å². The van der Waals surface area contributed by atoms with Crippen LogP contribution in [-0.4, -0.2) is 0 Å². The largest absolute Gasteiger partial charge is 0.0845 e. The van der Waals surface area contributed by atoms with E-state index >= 15 is 0 Å². The lowest BCUT2D eigenvalue weighted by atomic mass is 10.3. The second-order valence-corrected chi connectivity index (χ2v) is 4.81. The summed E-state index contributed by atoms with van der Waals surface area (Å²) in [5.41, 5.74) is 0. The fourth-order valence-corrected chi connectivity index (χ4v) is 0.936. The molecule has 0 rings (SSSR count). The Morgan fingerprint density at radius 3 is 2.58 bits per heavy atom. The van der Waals surface area contributed by atoms with Crippen molar-refractivity contribution in [2.75, 3.05) is 0 Å². The van der Waals surface area contributed by atoms with Gasteiger partial charge in [0.05, 0.1) is 0 Å². The van der Waals surface area contributed by atoms with E-state index in [1.807, 2.05) is 6.92 Å². The Kier molecular flexibility index (Phi) is 8.34. The summed E-state index contributed by atoms with van der Waals surface area (Å²) in [7, 11) is 0. The molecule has 0 aliphatic rings. The van der Waals surface area contributed by atoms with Crippen LogP contribution in [0.25, 0.3) is 0 Å². The number of hydrogen-bond acceptors (Lipinski definition) is 0. The SMILES string of the molecule is CCC/C=C/C=C\C(I)=C(/C)Br. The van der Waals surface area contributed by atoms with Crippen molar-refractivity contribution in [3.8, 4) is 0 Å². The highest BCUT2D eigenvalue weighted by atomic mass is 127. The van der Waals surface area contributed by atoms with Gasteiger partial charge in [-0.3, -0.25) is 0 Å². The smallest absolute Gasteiger partial charge is 0.0228 e. The summed E-state index contributed by atoms with van der Waals surface area (Å²) in [6, 6.07) is 0. The molecule has 2 heteroatoms. The van der Waals surface area contributed by atoms with Gasteiger partial charge >= 0.3 is 0 Å². The molecule has 0 aromatic carbocycles. The molecular weight excluding hydrogens is 327 g/mol. The average molecular weight is 341 g/mol. The van der Waals surface area contributed by atoms with Gasteiger partial charge in [0.15, 0.2) is 0 Å². The fraction of sp³-hybridized carbons (Fsp3) is 0.400. The van der Waals surface area contributed by atoms with Crippen LogP contribution in [0.15, 0.2) is 32.4 Å². The van der Waals surface area contributed by atoms with Crippen LogP contribution in [0.2, 0.25) is 0 Å². The molecular formula is C10H14BrI. The predicted octanol–water partition coefficient (Wildman–Crippen LogP) is 4.96. The Morgan fingerprint density at radius 1 is 1.42 bits per heavy atom. The number of rotatable bonds is 4. The second kappa shape index (κ2) is 8.05. The lowest BCUT2D eigenvalue weighted by molar-refractivity contribution is 0.959. The summed E-state index contributed by atoms with van der Waals surface area (Å²) in [5, 5.41) is 0. The molecule has 0 amide bonds. The Labute approximate surface area is 97.1 Å². The highest BCUT2D eigenvalue weighted by Gasteiger charge is 1.86. The van der Waals surface area contributed by atoms with Crippen LogP contribution in [0.4, 0.5) is 0 Å². The fourth-order valence-electron chi connectivity index (χ4n) is 0.596. The third-order valence-electron chi connectivity index (χ3n) is 1.27. The molecule has 0 N–H and O–H groups in total. The zero-order valence-corrected chi connectivity index (χ0v) is 11.2. The van der Waals surface area contributed by atoms with Gasteiger partial charge < -0.3 is 0 Å². The van der Waals surface area contributed by atoms with Crippen molar-refractivity contribution in [2.24, 2.45) is 0 Å².